The van der Waals surface area contributed by atoms with Crippen molar-refractivity contribution in [1.29, 1.82) is 0 Å². The molecule has 1 saturated carbocycles. The zero-order valence-corrected chi connectivity index (χ0v) is 7.66. The molecule has 13 heavy (non-hydrogen) atoms. The van der Waals surface area contributed by atoms with Gasteiger partial charge in [0.2, 0.25) is 0 Å². The predicted octanol–water partition coefficient (Wildman–Crippen LogP) is 2.72. The van der Waals surface area contributed by atoms with E-state index in [2.05, 4.69) is 5.32 Å². The van der Waals surface area contributed by atoms with Crippen LogP contribution in [0.4, 0.5) is 13.2 Å². The van der Waals surface area contributed by atoms with E-state index in [0.29, 0.717) is 12.5 Å². The minimum Gasteiger partial charge on any atom is -0.309 e. The highest BCUT2D eigenvalue weighted by Crippen LogP contribution is 2.26. The molecule has 0 aliphatic heterocycles. The third-order valence-electron chi connectivity index (χ3n) is 2.53. The van der Waals surface area contributed by atoms with Crippen LogP contribution in [0.25, 0.3) is 0 Å². The Kier molecular flexibility index (Phi) is 4.03. The SMILES string of the molecule is FC(F)(F)CNCCC1CCCC1. The second-order valence-electron chi connectivity index (χ2n) is 3.73. The molecule has 1 aliphatic carbocycles. The molecule has 1 nitrogen and oxygen atoms in total. The number of nitrogens with one attached hydrogen (secondary N) is 1. The van der Waals surface area contributed by atoms with Crippen molar-refractivity contribution in [3.05, 3.63) is 0 Å². The summed E-state index contributed by atoms with van der Waals surface area (Å²) in [6.45, 7) is -0.343. The van der Waals surface area contributed by atoms with Crippen molar-refractivity contribution in [2.45, 2.75) is 38.3 Å². The van der Waals surface area contributed by atoms with Gasteiger partial charge in [-0.1, -0.05) is 25.7 Å². The molecule has 1 N–H and O–H groups in total. The van der Waals surface area contributed by atoms with Gasteiger partial charge >= 0.3 is 6.18 Å². The maximum absolute atomic E-state index is 11.7. The Bertz CT molecular complexity index is 138. The molecule has 0 bridgehead atoms. The van der Waals surface area contributed by atoms with Crippen LogP contribution in [0.15, 0.2) is 0 Å². The molecule has 0 atom stereocenters. The molecule has 1 rings (SSSR count). The molecule has 0 aromatic carbocycles. The summed E-state index contributed by atoms with van der Waals surface area (Å²) in [4.78, 5) is 0. The van der Waals surface area contributed by atoms with E-state index in [1.54, 1.807) is 0 Å². The van der Waals surface area contributed by atoms with Crippen molar-refractivity contribution >= 4 is 0 Å². The lowest BCUT2D eigenvalue weighted by atomic mass is 10.0. The van der Waals surface area contributed by atoms with Crippen LogP contribution in [0.3, 0.4) is 0 Å². The van der Waals surface area contributed by atoms with Gasteiger partial charge in [-0.05, 0) is 18.9 Å². The summed E-state index contributed by atoms with van der Waals surface area (Å²) in [7, 11) is 0. The third kappa shape index (κ3) is 5.13. The smallest absolute Gasteiger partial charge is 0.309 e. The number of hydrogen-bond donors (Lipinski definition) is 1. The summed E-state index contributed by atoms with van der Waals surface area (Å²) in [5.74, 6) is 0.667. The van der Waals surface area contributed by atoms with Gasteiger partial charge in [0.1, 0.15) is 0 Å². The largest absolute Gasteiger partial charge is 0.401 e. The van der Waals surface area contributed by atoms with E-state index >= 15 is 0 Å². The van der Waals surface area contributed by atoms with Crippen molar-refractivity contribution in [3.8, 4) is 0 Å². The van der Waals surface area contributed by atoms with Crippen LogP contribution in [0.2, 0.25) is 0 Å². The average molecular weight is 195 g/mol. The lowest BCUT2D eigenvalue weighted by Gasteiger charge is -2.11. The van der Waals surface area contributed by atoms with Gasteiger partial charge in [0, 0.05) is 0 Å². The van der Waals surface area contributed by atoms with E-state index in [0.717, 1.165) is 6.42 Å². The quantitative estimate of drug-likeness (QED) is 0.680. The van der Waals surface area contributed by atoms with Crippen molar-refractivity contribution in [3.63, 3.8) is 0 Å². The van der Waals surface area contributed by atoms with Crippen LogP contribution in [0.1, 0.15) is 32.1 Å². The minimum atomic E-state index is -4.06. The fraction of sp³-hybridized carbons (Fsp3) is 1.00. The van der Waals surface area contributed by atoms with Gasteiger partial charge in [0.05, 0.1) is 6.54 Å². The first-order chi connectivity index (χ1) is 6.08. The van der Waals surface area contributed by atoms with Crippen LogP contribution < -0.4 is 5.32 Å². The lowest BCUT2D eigenvalue weighted by Crippen LogP contribution is -2.30. The summed E-state index contributed by atoms with van der Waals surface area (Å²) in [6, 6.07) is 0. The monoisotopic (exact) mass is 195 g/mol. The number of hydrogen-bond acceptors (Lipinski definition) is 1. The topological polar surface area (TPSA) is 12.0 Å². The highest BCUT2D eigenvalue weighted by molar-refractivity contribution is 4.68. The molecule has 4 heteroatoms. The molecule has 0 aromatic rings. The van der Waals surface area contributed by atoms with Gasteiger partial charge < -0.3 is 5.32 Å². The fourth-order valence-electron chi connectivity index (χ4n) is 1.84. The molecule has 0 aromatic heterocycles. The molecule has 0 radical (unpaired) electrons. The molecule has 78 valence electrons. The second kappa shape index (κ2) is 4.84. The van der Waals surface area contributed by atoms with E-state index in [4.69, 9.17) is 0 Å². The Labute approximate surface area is 76.7 Å². The van der Waals surface area contributed by atoms with E-state index in [9.17, 15) is 13.2 Å². The third-order valence-corrected chi connectivity index (χ3v) is 2.53. The van der Waals surface area contributed by atoms with Gasteiger partial charge in [-0.15, -0.1) is 0 Å². The summed E-state index contributed by atoms with van der Waals surface area (Å²) >= 11 is 0. The fourth-order valence-corrected chi connectivity index (χ4v) is 1.84. The lowest BCUT2D eigenvalue weighted by molar-refractivity contribution is -0.124. The first-order valence-corrected chi connectivity index (χ1v) is 4.85. The Hall–Kier alpha value is -0.250. The molecular weight excluding hydrogens is 179 g/mol. The van der Waals surface area contributed by atoms with Crippen LogP contribution in [0.5, 0.6) is 0 Å². The van der Waals surface area contributed by atoms with Crippen LogP contribution >= 0.6 is 0 Å². The first-order valence-electron chi connectivity index (χ1n) is 4.85. The Balaban J connectivity index is 1.94. The molecule has 1 aliphatic rings. The highest BCUT2D eigenvalue weighted by Gasteiger charge is 2.26. The Morgan fingerprint density at radius 1 is 1.15 bits per heavy atom. The highest BCUT2D eigenvalue weighted by atomic mass is 19.4. The van der Waals surface area contributed by atoms with Crippen LogP contribution in [0, 0.1) is 5.92 Å². The van der Waals surface area contributed by atoms with E-state index in [1.807, 2.05) is 0 Å². The van der Waals surface area contributed by atoms with Crippen LogP contribution in [-0.4, -0.2) is 19.3 Å². The maximum atomic E-state index is 11.7. The number of rotatable bonds is 4. The summed E-state index contributed by atoms with van der Waals surface area (Å²) in [6.07, 6.45) is 1.75. The predicted molar refractivity (Wildman–Crippen MR) is 45.5 cm³/mol. The molecule has 0 heterocycles. The van der Waals surface area contributed by atoms with Gasteiger partial charge in [-0.2, -0.15) is 13.2 Å². The maximum Gasteiger partial charge on any atom is 0.401 e. The summed E-state index contributed by atoms with van der Waals surface area (Å²) in [5, 5.41) is 2.43. The number of alkyl halides is 3. The van der Waals surface area contributed by atoms with Gasteiger partial charge in [-0.3, -0.25) is 0 Å². The summed E-state index contributed by atoms with van der Waals surface area (Å²) in [5.41, 5.74) is 0. The molecular formula is C9H16F3N. The first kappa shape index (κ1) is 10.8. The van der Waals surface area contributed by atoms with Crippen LogP contribution in [-0.2, 0) is 0 Å². The molecule has 0 spiro atoms. The molecule has 1 fully saturated rings. The Morgan fingerprint density at radius 2 is 1.77 bits per heavy atom. The van der Waals surface area contributed by atoms with Crippen molar-refractivity contribution in [2.24, 2.45) is 5.92 Å². The zero-order chi connectivity index (χ0) is 9.73. The zero-order valence-electron chi connectivity index (χ0n) is 7.66. The van der Waals surface area contributed by atoms with Crippen molar-refractivity contribution in [2.75, 3.05) is 13.1 Å². The molecule has 0 unspecified atom stereocenters. The minimum absolute atomic E-state index is 0.504. The van der Waals surface area contributed by atoms with Gasteiger partial charge in [-0.25, -0.2) is 0 Å². The molecule has 0 saturated heterocycles. The van der Waals surface area contributed by atoms with E-state index < -0.39 is 12.7 Å². The van der Waals surface area contributed by atoms with Crippen molar-refractivity contribution < 1.29 is 13.2 Å². The average Bonchev–Trinajstić information content (AvgIpc) is 2.48. The number of halogens is 3. The van der Waals surface area contributed by atoms with Gasteiger partial charge in [0.15, 0.2) is 0 Å². The van der Waals surface area contributed by atoms with E-state index in [-0.39, 0.29) is 0 Å². The standard InChI is InChI=1S/C9H16F3N/c10-9(11,12)7-13-6-5-8-3-1-2-4-8/h8,13H,1-7H2. The second-order valence-corrected chi connectivity index (χ2v) is 3.73. The summed E-state index contributed by atoms with van der Waals surface area (Å²) < 4.78 is 35.1. The van der Waals surface area contributed by atoms with Crippen molar-refractivity contribution in [1.82, 2.24) is 5.32 Å². The van der Waals surface area contributed by atoms with Gasteiger partial charge in [0.25, 0.3) is 0 Å². The normalized spacial score (nSPS) is 19.6. The Morgan fingerprint density at radius 3 is 2.31 bits per heavy atom. The molecule has 0 amide bonds. The van der Waals surface area contributed by atoms with E-state index in [1.165, 1.54) is 25.7 Å².